The third kappa shape index (κ3) is 16.1. The fourth-order valence-electron chi connectivity index (χ4n) is 5.76. The second-order valence-corrected chi connectivity index (χ2v) is 20.3. The molecule has 0 saturated carbocycles. The van der Waals surface area contributed by atoms with E-state index in [0.717, 1.165) is 0 Å². The predicted molar refractivity (Wildman–Crippen MR) is 250 cm³/mol. The van der Waals surface area contributed by atoms with Gasteiger partial charge in [-0.15, -0.1) is 0 Å². The van der Waals surface area contributed by atoms with Crippen LogP contribution in [0.3, 0.4) is 0 Å². The lowest BCUT2D eigenvalue weighted by Gasteiger charge is -2.31. The van der Waals surface area contributed by atoms with Crippen LogP contribution in [0, 0.1) is 11.3 Å². The molecule has 23 nitrogen and oxygen atoms in total. The van der Waals surface area contributed by atoms with Gasteiger partial charge in [0.05, 0.1) is 61.8 Å². The van der Waals surface area contributed by atoms with Gasteiger partial charge < -0.3 is 49.0 Å². The molecule has 0 bridgehead atoms. The summed E-state index contributed by atoms with van der Waals surface area (Å²) < 4.78 is 57.5. The predicted octanol–water partition coefficient (Wildman–Crippen LogP) is 5.78. The minimum Gasteiger partial charge on any atom is -0.462 e. The van der Waals surface area contributed by atoms with Crippen molar-refractivity contribution in [1.29, 1.82) is 5.26 Å². The number of anilines is 2. The van der Waals surface area contributed by atoms with Crippen LogP contribution in [0.2, 0.25) is 0 Å². The van der Waals surface area contributed by atoms with Crippen molar-refractivity contribution in [3.05, 3.63) is 55.1 Å². The normalized spacial score (nSPS) is 14.4. The van der Waals surface area contributed by atoms with Gasteiger partial charge in [0, 0.05) is 0 Å². The fourth-order valence-corrected chi connectivity index (χ4v) is 9.26. The Balaban J connectivity index is 0.000000453. The Bertz CT molecular complexity index is 2540. The molecule has 0 spiro atoms. The molecule has 4 atom stereocenters. The second kappa shape index (κ2) is 23.7. The number of hydrogen-bond donors (Lipinski definition) is 5. The van der Waals surface area contributed by atoms with Crippen molar-refractivity contribution in [2.24, 2.45) is 0 Å². The minimum atomic E-state index is -3.95. The number of carbonyl (C=O) groups excluding carboxylic acids is 2. The molecule has 2 unspecified atom stereocenters. The summed E-state index contributed by atoms with van der Waals surface area (Å²) in [4.78, 5) is 59.4. The van der Waals surface area contributed by atoms with Crippen LogP contribution in [0.25, 0.3) is 22.3 Å². The zero-order valence-corrected chi connectivity index (χ0v) is 39.2. The van der Waals surface area contributed by atoms with Crippen LogP contribution in [-0.4, -0.2) is 104 Å². The Hall–Kier alpha value is -5.59. The maximum atomic E-state index is 13.9. The van der Waals surface area contributed by atoms with Gasteiger partial charge in [-0.1, -0.05) is 20.9 Å². The maximum absolute atomic E-state index is 13.9. The van der Waals surface area contributed by atoms with Crippen molar-refractivity contribution < 1.29 is 47.1 Å². The molecule has 5 rings (SSSR count). The first-order valence-corrected chi connectivity index (χ1v) is 23.7. The standard InChI is InChI=1S/C23H30N7O5P.C16H27N6O5P.2CH4/c1-15(2)34-22(31)23(4,5)29-36(32,35-18-8-6-7-17(9-18)10-24)14-33-16(3)11-30-13-28-19-20(25)26-12-27-21(19)30;1-10(2)27-15(23)16(4,5)21-28(24,25)9-26-11(3)6-22-8-20-12-13(17)18-7-19-14(12)22;;/h6-9,12-13,15-16H,11,14H2,1-5H3,(H,29,32)(H2,25,26,27);7-8,10-11H,6,9H2,1-5H3,(H2,17,18,19)(H2,21,24,25);2*1H4/t16-,36?;11-;;/m11../s1. The molecule has 364 valence electrons. The van der Waals surface area contributed by atoms with E-state index in [-0.39, 0.29) is 50.8 Å². The van der Waals surface area contributed by atoms with E-state index in [1.807, 2.05) is 6.07 Å². The number of nitrogens with one attached hydrogen (secondary N) is 2. The highest BCUT2D eigenvalue weighted by Gasteiger charge is 2.40. The summed E-state index contributed by atoms with van der Waals surface area (Å²) in [5.74, 6) is -0.474. The Morgan fingerprint density at radius 2 is 1.21 bits per heavy atom. The van der Waals surface area contributed by atoms with Crippen molar-refractivity contribution >= 4 is 60.9 Å². The van der Waals surface area contributed by atoms with E-state index in [1.165, 1.54) is 32.6 Å². The number of rotatable bonds is 20. The first kappa shape index (κ1) is 56.5. The Morgan fingerprint density at radius 3 is 1.67 bits per heavy atom. The molecule has 5 aromatic rings. The largest absolute Gasteiger partial charge is 0.462 e. The van der Waals surface area contributed by atoms with Crippen molar-refractivity contribution in [3.63, 3.8) is 0 Å². The number of imidazole rings is 2. The quantitative estimate of drug-likeness (QED) is 0.0455. The third-order valence-electron chi connectivity index (χ3n) is 8.66. The van der Waals surface area contributed by atoms with Gasteiger partial charge in [0.25, 0.3) is 7.52 Å². The number of nitriles is 1. The van der Waals surface area contributed by atoms with Crippen LogP contribution in [0.1, 0.15) is 89.7 Å². The summed E-state index contributed by atoms with van der Waals surface area (Å²) in [5.41, 5.74) is 11.3. The van der Waals surface area contributed by atoms with Crippen molar-refractivity contribution in [2.75, 3.05) is 24.2 Å². The first-order valence-electron chi connectivity index (χ1n) is 20.0. The molecule has 0 radical (unpaired) electrons. The molecule has 66 heavy (non-hydrogen) atoms. The summed E-state index contributed by atoms with van der Waals surface area (Å²) in [6, 6.07) is 8.24. The van der Waals surface area contributed by atoms with E-state index in [9.17, 15) is 28.9 Å². The van der Waals surface area contributed by atoms with Crippen LogP contribution >= 0.6 is 15.0 Å². The molecular weight excluding hydrogens is 896 g/mol. The number of nitrogen functional groups attached to an aromatic ring is 2. The Kier molecular flexibility index (Phi) is 20.3. The van der Waals surface area contributed by atoms with Crippen molar-refractivity contribution in [1.82, 2.24) is 49.2 Å². The molecular formula is C41H65N13O10P2. The Morgan fingerprint density at radius 1 is 0.758 bits per heavy atom. The number of nitrogens with zero attached hydrogens (tertiary/aromatic N) is 9. The number of aromatic nitrogens is 8. The van der Waals surface area contributed by atoms with Crippen LogP contribution < -0.4 is 26.2 Å². The third-order valence-corrected chi connectivity index (χ3v) is 12.0. The fraction of sp³-hybridized carbons (Fsp3) is 0.537. The van der Waals surface area contributed by atoms with Gasteiger partial charge >= 0.3 is 19.5 Å². The summed E-state index contributed by atoms with van der Waals surface area (Å²) in [7, 11) is -7.80. The number of fused-ring (bicyclic) bond motifs is 2. The highest BCUT2D eigenvalue weighted by molar-refractivity contribution is 7.57. The number of nitrogens with two attached hydrogens (primary N) is 2. The molecule has 0 aliphatic carbocycles. The summed E-state index contributed by atoms with van der Waals surface area (Å²) >= 11 is 0. The zero-order chi connectivity index (χ0) is 47.6. The van der Waals surface area contributed by atoms with Gasteiger partial charge in [0.1, 0.15) is 53.2 Å². The van der Waals surface area contributed by atoms with E-state index in [4.69, 9.17) is 34.9 Å². The van der Waals surface area contributed by atoms with Crippen LogP contribution in [0.15, 0.2) is 49.6 Å². The van der Waals surface area contributed by atoms with Gasteiger partial charge in [-0.2, -0.15) is 5.26 Å². The summed E-state index contributed by atoms with van der Waals surface area (Å²) in [5, 5.41) is 14.4. The molecule has 0 amide bonds. The summed E-state index contributed by atoms with van der Waals surface area (Å²) in [6.07, 6.45) is 3.40. The molecule has 4 aromatic heterocycles. The van der Waals surface area contributed by atoms with E-state index >= 15 is 0 Å². The highest BCUT2D eigenvalue weighted by atomic mass is 31.2. The average Bonchev–Trinajstić information content (AvgIpc) is 3.81. The molecule has 25 heteroatoms. The zero-order valence-electron chi connectivity index (χ0n) is 37.5. The van der Waals surface area contributed by atoms with Gasteiger partial charge in [0.2, 0.25) is 0 Å². The molecule has 4 heterocycles. The smallest absolute Gasteiger partial charge is 0.342 e. The number of benzene rings is 1. The number of carbonyl (C=O) groups is 2. The topological polar surface area (TPSA) is 322 Å². The van der Waals surface area contributed by atoms with E-state index in [2.05, 4.69) is 40.1 Å². The molecule has 0 saturated heterocycles. The van der Waals surface area contributed by atoms with Crippen molar-refractivity contribution in [3.8, 4) is 11.8 Å². The SMILES string of the molecule is C.C.CC(C)OC(=O)C(C)(C)NP(=O)(CO[C@H](C)Cn1cnc2c(N)ncnc21)Oc1cccc(C#N)c1.CC(C)OC(=O)C(C)(C)NP(=O)(O)CO[C@H](C)Cn1cnc2c(N)ncnc21. The highest BCUT2D eigenvalue weighted by Crippen LogP contribution is 2.46. The molecule has 0 fully saturated rings. The van der Waals surface area contributed by atoms with Crippen LogP contribution in [0.5, 0.6) is 5.75 Å². The minimum absolute atomic E-state index is 0. The van der Waals surface area contributed by atoms with Gasteiger partial charge in [-0.05, 0) is 87.4 Å². The van der Waals surface area contributed by atoms with Gasteiger partial charge in [-0.25, -0.2) is 40.1 Å². The number of hydrogen-bond acceptors (Lipinski definition) is 18. The lowest BCUT2D eigenvalue weighted by molar-refractivity contribution is -0.154. The lowest BCUT2D eigenvalue weighted by atomic mass is 10.1. The number of ether oxygens (including phenoxy) is 4. The van der Waals surface area contributed by atoms with Crippen molar-refractivity contribution in [2.45, 2.75) is 133 Å². The average molecular weight is 962 g/mol. The van der Waals surface area contributed by atoms with Gasteiger partial charge in [-0.3, -0.25) is 18.7 Å². The molecule has 7 N–H and O–H groups in total. The van der Waals surface area contributed by atoms with Gasteiger partial charge in [0.15, 0.2) is 22.9 Å². The lowest BCUT2D eigenvalue weighted by Crippen LogP contribution is -2.48. The molecule has 0 aliphatic rings. The first-order chi connectivity index (χ1) is 29.8. The molecule has 1 aromatic carbocycles. The van der Waals surface area contributed by atoms with Crippen LogP contribution in [0.4, 0.5) is 11.6 Å². The maximum Gasteiger partial charge on any atom is 0.342 e. The monoisotopic (exact) mass is 961 g/mol. The Labute approximate surface area is 385 Å². The second-order valence-electron chi connectivity index (χ2n) is 16.4. The molecule has 0 aliphatic heterocycles. The van der Waals surface area contributed by atoms with E-state index in [0.29, 0.717) is 41.0 Å². The van der Waals surface area contributed by atoms with E-state index < -0.39 is 56.6 Å². The van der Waals surface area contributed by atoms with E-state index in [1.54, 1.807) is 95.4 Å². The van der Waals surface area contributed by atoms with Crippen LogP contribution in [-0.2, 0) is 50.8 Å². The summed E-state index contributed by atoms with van der Waals surface area (Å²) in [6.45, 7) is 17.1. The number of esters is 2.